The van der Waals surface area contributed by atoms with Crippen molar-refractivity contribution >= 4 is 35.7 Å². The Kier molecular flexibility index (Phi) is 4.91. The van der Waals surface area contributed by atoms with Gasteiger partial charge in [0.05, 0.1) is 18.4 Å². The summed E-state index contributed by atoms with van der Waals surface area (Å²) in [5, 5.41) is -0.146. The minimum atomic E-state index is -0.915. The molecule has 0 saturated carbocycles. The van der Waals surface area contributed by atoms with Crippen molar-refractivity contribution in [2.75, 3.05) is 13.4 Å². The van der Waals surface area contributed by atoms with Crippen LogP contribution in [0.5, 0.6) is 0 Å². The van der Waals surface area contributed by atoms with Gasteiger partial charge in [-0.15, -0.1) is 11.8 Å². The van der Waals surface area contributed by atoms with Crippen LogP contribution in [-0.4, -0.2) is 47.6 Å². The van der Waals surface area contributed by atoms with Gasteiger partial charge in [-0.25, -0.2) is 9.59 Å². The van der Waals surface area contributed by atoms with Crippen LogP contribution in [0.15, 0.2) is 10.6 Å². The first-order valence-electron chi connectivity index (χ1n) is 6.34. The minimum Gasteiger partial charge on any atom is -0.449 e. The number of carbonyl (C=O) groups excluding carboxylic acids is 4. The molecule has 2 N–H and O–H groups in total. The number of rotatable bonds is 6. The highest BCUT2D eigenvalue weighted by Crippen LogP contribution is 2.47. The van der Waals surface area contributed by atoms with E-state index in [1.54, 1.807) is 0 Å². The van der Waals surface area contributed by atoms with Crippen molar-refractivity contribution in [3.63, 3.8) is 0 Å². The zero-order chi connectivity index (χ0) is 16.3. The van der Waals surface area contributed by atoms with Crippen molar-refractivity contribution in [1.82, 2.24) is 4.90 Å². The summed E-state index contributed by atoms with van der Waals surface area (Å²) in [5.41, 5.74) is 4.97. The number of nitrogens with two attached hydrogens (primary N) is 1. The zero-order valence-corrected chi connectivity index (χ0v) is 12.5. The SMILES string of the molecule is CC(=O)OCOC(=O)C1=C(CCOC(N)=O)SC2CC(=O)N12. The molecule has 2 rings (SSSR count). The second kappa shape index (κ2) is 6.69. The second-order valence-electron chi connectivity index (χ2n) is 4.42. The van der Waals surface area contributed by atoms with Gasteiger partial charge in [0.15, 0.2) is 0 Å². The first kappa shape index (κ1) is 16.1. The number of primary amides is 1. The van der Waals surface area contributed by atoms with Gasteiger partial charge in [0, 0.05) is 18.2 Å². The lowest BCUT2D eigenvalue weighted by atomic mass is 10.1. The quantitative estimate of drug-likeness (QED) is 0.411. The molecule has 0 spiro atoms. The molecule has 120 valence electrons. The maximum atomic E-state index is 12.1. The number of thioether (sulfide) groups is 1. The topological polar surface area (TPSA) is 125 Å². The summed E-state index contributed by atoms with van der Waals surface area (Å²) in [7, 11) is 0. The fourth-order valence-corrected chi connectivity index (χ4v) is 3.35. The maximum Gasteiger partial charge on any atom is 0.404 e. The van der Waals surface area contributed by atoms with E-state index in [-0.39, 0.29) is 30.0 Å². The lowest BCUT2D eigenvalue weighted by Crippen LogP contribution is -2.48. The Morgan fingerprint density at radius 2 is 2.05 bits per heavy atom. The van der Waals surface area contributed by atoms with Crippen LogP contribution < -0.4 is 5.73 Å². The molecule has 1 saturated heterocycles. The van der Waals surface area contributed by atoms with Gasteiger partial charge in [0.1, 0.15) is 5.70 Å². The van der Waals surface area contributed by atoms with Crippen LogP contribution >= 0.6 is 11.8 Å². The third-order valence-corrected chi connectivity index (χ3v) is 4.24. The Balaban J connectivity index is 2.02. The van der Waals surface area contributed by atoms with E-state index in [0.29, 0.717) is 11.3 Å². The van der Waals surface area contributed by atoms with Gasteiger partial charge in [-0.3, -0.25) is 14.5 Å². The Bertz CT molecular complexity index is 560. The van der Waals surface area contributed by atoms with Gasteiger partial charge in [0.2, 0.25) is 12.7 Å². The summed E-state index contributed by atoms with van der Waals surface area (Å²) in [6.45, 7) is 0.646. The minimum absolute atomic E-state index is 0.00680. The number of carbonyl (C=O) groups is 4. The largest absolute Gasteiger partial charge is 0.449 e. The number of ether oxygens (including phenoxy) is 3. The predicted octanol–water partition coefficient (Wildman–Crippen LogP) is 0.0524. The number of hydrogen-bond donors (Lipinski definition) is 1. The number of esters is 2. The van der Waals surface area contributed by atoms with Crippen LogP contribution in [0, 0.1) is 0 Å². The summed E-state index contributed by atoms with van der Waals surface area (Å²) in [5.74, 6) is -1.54. The molecule has 2 amide bonds. The van der Waals surface area contributed by atoms with E-state index in [0.717, 1.165) is 0 Å². The molecule has 0 aromatic heterocycles. The van der Waals surface area contributed by atoms with Crippen molar-refractivity contribution in [3.05, 3.63) is 10.6 Å². The van der Waals surface area contributed by atoms with Gasteiger partial charge in [-0.1, -0.05) is 0 Å². The summed E-state index contributed by atoms with van der Waals surface area (Å²) >= 11 is 1.34. The van der Waals surface area contributed by atoms with Crippen LogP contribution in [0.3, 0.4) is 0 Å². The highest BCUT2D eigenvalue weighted by Gasteiger charge is 2.48. The standard InChI is InChI=1S/C12H14N2O7S/c1-6(15)20-5-21-11(17)10-7(2-3-19-12(13)18)22-9-4-8(16)14(9)10/h9H,2-5H2,1H3,(H2,13,18). The summed E-state index contributed by atoms with van der Waals surface area (Å²) in [6, 6.07) is 0. The molecule has 22 heavy (non-hydrogen) atoms. The van der Waals surface area contributed by atoms with E-state index in [1.165, 1.54) is 23.6 Å². The summed E-state index contributed by atoms with van der Waals surface area (Å²) in [4.78, 5) is 46.8. The molecular formula is C12H14N2O7S. The molecule has 1 unspecified atom stereocenters. The molecular weight excluding hydrogens is 316 g/mol. The van der Waals surface area contributed by atoms with Crippen LogP contribution in [0.25, 0.3) is 0 Å². The van der Waals surface area contributed by atoms with Gasteiger partial charge in [-0.05, 0) is 0 Å². The molecule has 1 atom stereocenters. The van der Waals surface area contributed by atoms with Crippen molar-refractivity contribution in [2.45, 2.75) is 25.1 Å². The molecule has 0 radical (unpaired) electrons. The van der Waals surface area contributed by atoms with Crippen molar-refractivity contribution in [1.29, 1.82) is 0 Å². The van der Waals surface area contributed by atoms with Crippen LogP contribution in [0.1, 0.15) is 19.8 Å². The molecule has 1 fully saturated rings. The van der Waals surface area contributed by atoms with E-state index in [1.807, 2.05) is 0 Å². The van der Waals surface area contributed by atoms with E-state index in [4.69, 9.17) is 10.5 Å². The highest BCUT2D eigenvalue weighted by atomic mass is 32.2. The van der Waals surface area contributed by atoms with E-state index >= 15 is 0 Å². The summed E-state index contributed by atoms with van der Waals surface area (Å²) < 4.78 is 14.0. The number of nitrogens with zero attached hydrogens (tertiary/aromatic N) is 1. The lowest BCUT2D eigenvalue weighted by Gasteiger charge is -2.34. The van der Waals surface area contributed by atoms with Crippen molar-refractivity contribution in [2.24, 2.45) is 5.73 Å². The molecule has 2 aliphatic heterocycles. The van der Waals surface area contributed by atoms with E-state index in [9.17, 15) is 19.2 Å². The number of fused-ring (bicyclic) bond motifs is 1. The highest BCUT2D eigenvalue weighted by molar-refractivity contribution is 8.04. The average Bonchev–Trinajstić information content (AvgIpc) is 2.70. The van der Waals surface area contributed by atoms with Crippen LogP contribution in [-0.2, 0) is 28.6 Å². The van der Waals surface area contributed by atoms with Crippen LogP contribution in [0.2, 0.25) is 0 Å². The van der Waals surface area contributed by atoms with E-state index in [2.05, 4.69) is 9.47 Å². The Labute approximate surface area is 129 Å². The van der Waals surface area contributed by atoms with Gasteiger partial charge < -0.3 is 19.9 Å². The molecule has 0 aliphatic carbocycles. The summed E-state index contributed by atoms with van der Waals surface area (Å²) in [6.07, 6.45) is -0.348. The number of hydrogen-bond acceptors (Lipinski definition) is 8. The molecule has 9 nitrogen and oxygen atoms in total. The van der Waals surface area contributed by atoms with Crippen molar-refractivity contribution in [3.8, 4) is 0 Å². The molecule has 0 aromatic rings. The average molecular weight is 330 g/mol. The van der Waals surface area contributed by atoms with Gasteiger partial charge >= 0.3 is 18.0 Å². The predicted molar refractivity (Wildman–Crippen MR) is 72.7 cm³/mol. The first-order valence-corrected chi connectivity index (χ1v) is 7.22. The molecule has 0 aromatic carbocycles. The monoisotopic (exact) mass is 330 g/mol. The first-order chi connectivity index (χ1) is 10.4. The van der Waals surface area contributed by atoms with Crippen molar-refractivity contribution < 1.29 is 33.4 Å². The molecule has 2 heterocycles. The fraction of sp³-hybridized carbons (Fsp3) is 0.500. The Morgan fingerprint density at radius 1 is 1.32 bits per heavy atom. The van der Waals surface area contributed by atoms with E-state index < -0.39 is 24.8 Å². The number of β-lactam (4-membered cyclic amide) rings is 1. The normalized spacial score (nSPS) is 19.4. The Hall–Kier alpha value is -2.23. The van der Waals surface area contributed by atoms with Crippen LogP contribution in [0.4, 0.5) is 4.79 Å². The fourth-order valence-electron chi connectivity index (χ4n) is 1.97. The second-order valence-corrected chi connectivity index (χ2v) is 5.69. The number of amides is 2. The maximum absolute atomic E-state index is 12.1. The molecule has 2 aliphatic rings. The third kappa shape index (κ3) is 3.50. The molecule has 0 bridgehead atoms. The van der Waals surface area contributed by atoms with Gasteiger partial charge in [0.25, 0.3) is 0 Å². The molecule has 10 heteroatoms. The smallest absolute Gasteiger partial charge is 0.404 e. The third-order valence-electron chi connectivity index (χ3n) is 2.91. The van der Waals surface area contributed by atoms with Gasteiger partial charge in [-0.2, -0.15) is 0 Å². The zero-order valence-electron chi connectivity index (χ0n) is 11.7. The lowest BCUT2D eigenvalue weighted by molar-refractivity contribution is -0.165. The Morgan fingerprint density at radius 3 is 2.64 bits per heavy atom.